The average Bonchev–Trinajstić information content (AvgIpc) is 2.88. The quantitative estimate of drug-likeness (QED) is 0.769. The normalized spacial score (nSPS) is 15.0. The highest BCUT2D eigenvalue weighted by Crippen LogP contribution is 2.15. The Morgan fingerprint density at radius 2 is 1.20 bits per heavy atom. The van der Waals surface area contributed by atoms with Crippen LogP contribution in [0.2, 0.25) is 0 Å². The van der Waals surface area contributed by atoms with E-state index in [1.165, 1.54) is 0 Å². The fourth-order valence-electron chi connectivity index (χ4n) is 2.98. The number of halogens is 1. The van der Waals surface area contributed by atoms with E-state index >= 15 is 0 Å². The molecule has 2 aromatic rings. The van der Waals surface area contributed by atoms with Crippen molar-refractivity contribution in [2.45, 2.75) is 13.3 Å². The maximum atomic E-state index is 12.7. The van der Waals surface area contributed by atoms with Crippen LogP contribution in [0.1, 0.15) is 32.7 Å². The molecule has 0 N–H and O–H groups in total. The van der Waals surface area contributed by atoms with Crippen molar-refractivity contribution >= 4 is 27.7 Å². The topological polar surface area (TPSA) is 40.6 Å². The molecule has 0 radical (unpaired) electrons. The molecule has 0 aliphatic carbocycles. The maximum Gasteiger partial charge on any atom is 0.253 e. The van der Waals surface area contributed by atoms with Gasteiger partial charge in [0, 0.05) is 41.8 Å². The van der Waals surface area contributed by atoms with Crippen molar-refractivity contribution in [3.63, 3.8) is 0 Å². The van der Waals surface area contributed by atoms with Gasteiger partial charge in [-0.15, -0.1) is 0 Å². The first-order valence-electron chi connectivity index (χ1n) is 8.45. The summed E-state index contributed by atoms with van der Waals surface area (Å²) in [6, 6.07) is 15.0. The predicted octanol–water partition coefficient (Wildman–Crippen LogP) is 3.75. The van der Waals surface area contributed by atoms with E-state index in [0.29, 0.717) is 37.3 Å². The van der Waals surface area contributed by atoms with E-state index < -0.39 is 0 Å². The van der Waals surface area contributed by atoms with E-state index in [1.807, 2.05) is 65.3 Å². The Kier molecular flexibility index (Phi) is 5.53. The van der Waals surface area contributed by atoms with E-state index in [2.05, 4.69) is 15.9 Å². The molecule has 2 aromatic carbocycles. The van der Waals surface area contributed by atoms with Crippen LogP contribution in [0.3, 0.4) is 0 Å². The molecule has 4 nitrogen and oxygen atoms in total. The second kappa shape index (κ2) is 7.83. The lowest BCUT2D eigenvalue weighted by atomic mass is 10.1. The monoisotopic (exact) mass is 400 g/mol. The molecule has 3 rings (SSSR count). The summed E-state index contributed by atoms with van der Waals surface area (Å²) >= 11 is 3.38. The number of carbonyl (C=O) groups is 2. The van der Waals surface area contributed by atoms with Gasteiger partial charge >= 0.3 is 0 Å². The highest BCUT2D eigenvalue weighted by molar-refractivity contribution is 9.10. The minimum Gasteiger partial charge on any atom is -0.337 e. The Morgan fingerprint density at radius 1 is 0.760 bits per heavy atom. The zero-order valence-corrected chi connectivity index (χ0v) is 15.8. The largest absolute Gasteiger partial charge is 0.337 e. The predicted molar refractivity (Wildman–Crippen MR) is 102 cm³/mol. The SMILES string of the molecule is Cc1ccc(C(=O)N2CCCN(C(=O)c3ccc(Br)cc3)CC2)cc1. The van der Waals surface area contributed by atoms with Gasteiger partial charge in [0.25, 0.3) is 11.8 Å². The van der Waals surface area contributed by atoms with Crippen molar-refractivity contribution in [2.24, 2.45) is 0 Å². The van der Waals surface area contributed by atoms with Crippen LogP contribution in [-0.4, -0.2) is 47.8 Å². The van der Waals surface area contributed by atoms with Crippen LogP contribution < -0.4 is 0 Å². The maximum absolute atomic E-state index is 12.7. The van der Waals surface area contributed by atoms with Crippen molar-refractivity contribution < 1.29 is 9.59 Å². The molecule has 0 unspecified atom stereocenters. The molecule has 1 heterocycles. The molecular formula is C20H21BrN2O2. The molecule has 1 fully saturated rings. The summed E-state index contributed by atoms with van der Waals surface area (Å²) in [7, 11) is 0. The molecule has 0 saturated carbocycles. The standard InChI is InChI=1S/C20H21BrN2O2/c1-15-3-5-16(6-4-15)19(24)22-11-2-12-23(14-13-22)20(25)17-7-9-18(21)10-8-17/h3-10H,2,11-14H2,1H3. The van der Waals surface area contributed by atoms with Gasteiger partial charge in [-0.2, -0.15) is 0 Å². The zero-order valence-electron chi connectivity index (χ0n) is 14.2. The molecule has 1 saturated heterocycles. The van der Waals surface area contributed by atoms with Gasteiger partial charge in [-0.1, -0.05) is 33.6 Å². The lowest BCUT2D eigenvalue weighted by Gasteiger charge is -2.22. The molecule has 25 heavy (non-hydrogen) atoms. The van der Waals surface area contributed by atoms with E-state index in [0.717, 1.165) is 16.5 Å². The number of aryl methyl sites for hydroxylation is 1. The van der Waals surface area contributed by atoms with Crippen molar-refractivity contribution in [3.8, 4) is 0 Å². The molecule has 5 heteroatoms. The van der Waals surface area contributed by atoms with Crippen LogP contribution in [0.25, 0.3) is 0 Å². The molecule has 0 bridgehead atoms. The Morgan fingerprint density at radius 3 is 1.68 bits per heavy atom. The summed E-state index contributed by atoms with van der Waals surface area (Å²) in [5.74, 6) is 0.0649. The summed E-state index contributed by atoms with van der Waals surface area (Å²) in [6.07, 6.45) is 0.792. The van der Waals surface area contributed by atoms with E-state index in [-0.39, 0.29) is 11.8 Å². The van der Waals surface area contributed by atoms with Gasteiger partial charge in [-0.25, -0.2) is 0 Å². The summed E-state index contributed by atoms with van der Waals surface area (Å²) in [5, 5.41) is 0. The van der Waals surface area contributed by atoms with E-state index in [9.17, 15) is 9.59 Å². The fraction of sp³-hybridized carbons (Fsp3) is 0.300. The van der Waals surface area contributed by atoms with Crippen LogP contribution in [0.4, 0.5) is 0 Å². The van der Waals surface area contributed by atoms with Crippen LogP contribution in [0, 0.1) is 6.92 Å². The minimum atomic E-state index is 0.0251. The van der Waals surface area contributed by atoms with Crippen LogP contribution in [0.15, 0.2) is 53.0 Å². The molecule has 0 spiro atoms. The Balaban J connectivity index is 1.65. The van der Waals surface area contributed by atoms with Crippen molar-refractivity contribution in [1.82, 2.24) is 9.80 Å². The Hall–Kier alpha value is -2.14. The first kappa shape index (κ1) is 17.7. The van der Waals surface area contributed by atoms with Gasteiger partial charge in [0.2, 0.25) is 0 Å². The lowest BCUT2D eigenvalue weighted by molar-refractivity contribution is 0.0718. The first-order valence-corrected chi connectivity index (χ1v) is 9.25. The smallest absolute Gasteiger partial charge is 0.253 e. The number of benzene rings is 2. The lowest BCUT2D eigenvalue weighted by Crippen LogP contribution is -2.37. The average molecular weight is 401 g/mol. The second-order valence-electron chi connectivity index (χ2n) is 6.31. The van der Waals surface area contributed by atoms with Gasteiger partial charge in [0.05, 0.1) is 0 Å². The van der Waals surface area contributed by atoms with Crippen LogP contribution in [-0.2, 0) is 0 Å². The van der Waals surface area contributed by atoms with Crippen molar-refractivity contribution in [2.75, 3.05) is 26.2 Å². The second-order valence-corrected chi connectivity index (χ2v) is 7.23. The third-order valence-electron chi connectivity index (χ3n) is 4.46. The summed E-state index contributed by atoms with van der Waals surface area (Å²) < 4.78 is 0.954. The Labute approximate surface area is 156 Å². The summed E-state index contributed by atoms with van der Waals surface area (Å²) in [6.45, 7) is 4.48. The molecule has 0 aromatic heterocycles. The molecular weight excluding hydrogens is 380 g/mol. The molecule has 130 valence electrons. The third-order valence-corrected chi connectivity index (χ3v) is 4.99. The van der Waals surface area contributed by atoms with Gasteiger partial charge in [0.15, 0.2) is 0 Å². The fourth-order valence-corrected chi connectivity index (χ4v) is 3.24. The minimum absolute atomic E-state index is 0.0251. The molecule has 1 aliphatic rings. The number of hydrogen-bond donors (Lipinski definition) is 0. The van der Waals surface area contributed by atoms with Crippen LogP contribution in [0.5, 0.6) is 0 Å². The summed E-state index contributed by atoms with van der Waals surface area (Å²) in [5.41, 5.74) is 2.53. The molecule has 0 atom stereocenters. The molecule has 2 amide bonds. The number of nitrogens with zero attached hydrogens (tertiary/aromatic N) is 2. The number of hydrogen-bond acceptors (Lipinski definition) is 2. The summed E-state index contributed by atoms with van der Waals surface area (Å²) in [4.78, 5) is 29.0. The van der Waals surface area contributed by atoms with Gasteiger partial charge in [0.1, 0.15) is 0 Å². The van der Waals surface area contributed by atoms with Gasteiger partial charge in [-0.05, 0) is 49.7 Å². The van der Waals surface area contributed by atoms with E-state index in [1.54, 1.807) is 0 Å². The van der Waals surface area contributed by atoms with Crippen LogP contribution >= 0.6 is 15.9 Å². The highest BCUT2D eigenvalue weighted by atomic mass is 79.9. The number of amides is 2. The number of rotatable bonds is 2. The molecule has 1 aliphatic heterocycles. The van der Waals surface area contributed by atoms with Crippen molar-refractivity contribution in [1.29, 1.82) is 0 Å². The first-order chi connectivity index (χ1) is 12.0. The number of carbonyl (C=O) groups excluding carboxylic acids is 2. The van der Waals surface area contributed by atoms with Gasteiger partial charge < -0.3 is 9.80 Å². The highest BCUT2D eigenvalue weighted by Gasteiger charge is 2.23. The zero-order chi connectivity index (χ0) is 17.8. The van der Waals surface area contributed by atoms with Crippen molar-refractivity contribution in [3.05, 3.63) is 69.7 Å². The third kappa shape index (κ3) is 4.28. The van der Waals surface area contributed by atoms with E-state index in [4.69, 9.17) is 0 Å². The van der Waals surface area contributed by atoms with Gasteiger partial charge in [-0.3, -0.25) is 9.59 Å². The Bertz CT molecular complexity index is 691.